The third-order valence-corrected chi connectivity index (χ3v) is 3.38. The second-order valence-electron chi connectivity index (χ2n) is 4.74. The highest BCUT2D eigenvalue weighted by atomic mass is 19.2. The number of hydrogen-bond acceptors (Lipinski definition) is 3. The molecule has 3 nitrogen and oxygen atoms in total. The second kappa shape index (κ2) is 4.96. The van der Waals surface area contributed by atoms with Gasteiger partial charge in [-0.3, -0.25) is 0 Å². The first kappa shape index (κ1) is 14.0. The van der Waals surface area contributed by atoms with Crippen molar-refractivity contribution in [1.82, 2.24) is 4.98 Å². The molecule has 19 heavy (non-hydrogen) atoms. The molecular weight excluding hydrogens is 264 g/mol. The Bertz CT molecular complexity index is 471. The van der Waals surface area contributed by atoms with Crippen LogP contribution in [-0.2, 0) is 4.74 Å². The van der Waals surface area contributed by atoms with Crippen molar-refractivity contribution in [2.75, 3.05) is 24.6 Å². The van der Waals surface area contributed by atoms with E-state index >= 15 is 0 Å². The molecular formula is C12H14F4N2O. The minimum absolute atomic E-state index is 0.153. The van der Waals surface area contributed by atoms with Gasteiger partial charge in [-0.2, -0.15) is 22.5 Å². The van der Waals surface area contributed by atoms with Crippen molar-refractivity contribution in [3.63, 3.8) is 0 Å². The number of hydrogen-bond donors (Lipinski definition) is 0. The molecule has 1 atom stereocenters. The highest BCUT2D eigenvalue weighted by Crippen LogP contribution is 2.31. The van der Waals surface area contributed by atoms with E-state index in [1.54, 1.807) is 6.92 Å². The molecule has 0 N–H and O–H groups in total. The molecule has 1 aliphatic rings. The monoisotopic (exact) mass is 278 g/mol. The molecule has 1 saturated heterocycles. The number of anilines is 1. The summed E-state index contributed by atoms with van der Waals surface area (Å²) in [5.41, 5.74) is -1.32. The van der Waals surface area contributed by atoms with Crippen LogP contribution < -0.4 is 4.90 Å². The molecule has 2 heterocycles. The van der Waals surface area contributed by atoms with Gasteiger partial charge in [0.05, 0.1) is 12.2 Å². The minimum Gasteiger partial charge on any atom is -0.372 e. The molecule has 2 rings (SSSR count). The first-order valence-corrected chi connectivity index (χ1v) is 5.97. The normalized spacial score (nSPS) is 23.8. The maximum Gasteiger partial charge on any atom is 0.253 e. The van der Waals surface area contributed by atoms with E-state index < -0.39 is 34.8 Å². The van der Waals surface area contributed by atoms with Gasteiger partial charge in [0.15, 0.2) is 0 Å². The van der Waals surface area contributed by atoms with Crippen LogP contribution >= 0.6 is 0 Å². The van der Waals surface area contributed by atoms with Gasteiger partial charge < -0.3 is 9.64 Å². The smallest absolute Gasteiger partial charge is 0.253 e. The van der Waals surface area contributed by atoms with Crippen LogP contribution in [0.15, 0.2) is 0 Å². The van der Waals surface area contributed by atoms with Crippen molar-refractivity contribution in [3.05, 3.63) is 23.5 Å². The van der Waals surface area contributed by atoms with E-state index in [1.807, 2.05) is 6.92 Å². The first-order valence-electron chi connectivity index (χ1n) is 5.97. The fourth-order valence-electron chi connectivity index (χ4n) is 2.09. The molecule has 0 spiro atoms. The molecule has 0 saturated carbocycles. The Labute approximate surface area is 108 Å². The summed E-state index contributed by atoms with van der Waals surface area (Å²) in [6.45, 7) is 4.19. The Morgan fingerprint density at radius 2 is 1.79 bits per heavy atom. The van der Waals surface area contributed by atoms with E-state index in [0.717, 1.165) is 0 Å². The molecule has 0 amide bonds. The van der Waals surface area contributed by atoms with E-state index in [4.69, 9.17) is 4.74 Å². The fraction of sp³-hybridized carbons (Fsp3) is 0.583. The molecule has 1 unspecified atom stereocenters. The predicted octanol–water partition coefficient (Wildman–Crippen LogP) is 2.64. The molecule has 106 valence electrons. The predicted molar refractivity (Wildman–Crippen MR) is 60.9 cm³/mol. The molecule has 0 aromatic carbocycles. The molecule has 1 aromatic rings. The first-order chi connectivity index (χ1) is 8.88. The lowest BCUT2D eigenvalue weighted by Crippen LogP contribution is -2.50. The molecule has 0 radical (unpaired) electrons. The van der Waals surface area contributed by atoms with Gasteiger partial charge in [0.2, 0.25) is 11.6 Å². The van der Waals surface area contributed by atoms with E-state index in [-0.39, 0.29) is 19.7 Å². The quantitative estimate of drug-likeness (QED) is 0.614. The van der Waals surface area contributed by atoms with Crippen LogP contribution in [0.25, 0.3) is 0 Å². The summed E-state index contributed by atoms with van der Waals surface area (Å²) in [7, 11) is 0. The van der Waals surface area contributed by atoms with Crippen LogP contribution in [0.1, 0.15) is 20.3 Å². The Kier molecular flexibility index (Phi) is 3.66. The summed E-state index contributed by atoms with van der Waals surface area (Å²) in [6.07, 6.45) is 0.614. The zero-order chi connectivity index (χ0) is 14.2. The van der Waals surface area contributed by atoms with Gasteiger partial charge in [-0.1, -0.05) is 6.92 Å². The van der Waals surface area contributed by atoms with Crippen molar-refractivity contribution in [2.24, 2.45) is 0 Å². The largest absolute Gasteiger partial charge is 0.372 e. The topological polar surface area (TPSA) is 25.4 Å². The molecule has 0 bridgehead atoms. The number of ether oxygens (including phenoxy) is 1. The minimum atomic E-state index is -1.64. The zero-order valence-electron chi connectivity index (χ0n) is 10.6. The van der Waals surface area contributed by atoms with Crippen molar-refractivity contribution < 1.29 is 22.3 Å². The summed E-state index contributed by atoms with van der Waals surface area (Å²) in [4.78, 5) is 3.80. The van der Waals surface area contributed by atoms with Gasteiger partial charge in [-0.05, 0) is 13.3 Å². The van der Waals surface area contributed by atoms with Gasteiger partial charge in [0.1, 0.15) is 5.69 Å². The maximum atomic E-state index is 13.7. The highest BCUT2D eigenvalue weighted by molar-refractivity contribution is 5.49. The third-order valence-electron chi connectivity index (χ3n) is 3.38. The van der Waals surface area contributed by atoms with E-state index in [0.29, 0.717) is 6.42 Å². The van der Waals surface area contributed by atoms with Gasteiger partial charge in [0.25, 0.3) is 11.9 Å². The summed E-state index contributed by atoms with van der Waals surface area (Å²) < 4.78 is 59.0. The summed E-state index contributed by atoms with van der Waals surface area (Å²) in [5, 5.41) is 0. The van der Waals surface area contributed by atoms with E-state index in [2.05, 4.69) is 4.98 Å². The average molecular weight is 278 g/mol. The van der Waals surface area contributed by atoms with Crippen molar-refractivity contribution in [3.8, 4) is 0 Å². The van der Waals surface area contributed by atoms with Crippen molar-refractivity contribution in [2.45, 2.75) is 25.9 Å². The van der Waals surface area contributed by atoms with Crippen molar-refractivity contribution >= 4 is 5.69 Å². The van der Waals surface area contributed by atoms with E-state index in [9.17, 15) is 17.6 Å². The fourth-order valence-corrected chi connectivity index (χ4v) is 2.09. The Morgan fingerprint density at radius 1 is 1.21 bits per heavy atom. The van der Waals surface area contributed by atoms with Gasteiger partial charge in [0, 0.05) is 13.1 Å². The Morgan fingerprint density at radius 3 is 2.32 bits per heavy atom. The third kappa shape index (κ3) is 2.51. The lowest BCUT2D eigenvalue weighted by Gasteiger charge is -2.41. The summed E-state index contributed by atoms with van der Waals surface area (Å²) in [5.74, 6) is -6.23. The van der Waals surface area contributed by atoms with Crippen molar-refractivity contribution in [1.29, 1.82) is 0 Å². The van der Waals surface area contributed by atoms with Gasteiger partial charge >= 0.3 is 0 Å². The number of rotatable bonds is 2. The van der Waals surface area contributed by atoms with Gasteiger partial charge in [-0.25, -0.2) is 0 Å². The number of morpholine rings is 1. The number of aromatic nitrogens is 1. The van der Waals surface area contributed by atoms with Crippen LogP contribution in [0.2, 0.25) is 0 Å². The lowest BCUT2D eigenvalue weighted by atomic mass is 10.0. The average Bonchev–Trinajstić information content (AvgIpc) is 2.37. The van der Waals surface area contributed by atoms with Crippen LogP contribution in [0.5, 0.6) is 0 Å². The number of pyridine rings is 1. The molecule has 1 fully saturated rings. The maximum absolute atomic E-state index is 13.7. The molecule has 0 aliphatic carbocycles. The standard InChI is InChI=1S/C12H14F4N2O/c1-3-12(2)6-18(4-5-19-12)9-7(13)10(15)17-11(16)8(9)14/h3-6H2,1-2H3. The molecule has 1 aliphatic heterocycles. The Balaban J connectivity index is 2.42. The Hall–Kier alpha value is -1.37. The highest BCUT2D eigenvalue weighted by Gasteiger charge is 2.34. The van der Waals surface area contributed by atoms with Crippen LogP contribution in [-0.4, -0.2) is 30.3 Å². The number of nitrogens with zero attached hydrogens (tertiary/aromatic N) is 2. The van der Waals surface area contributed by atoms with Crippen LogP contribution in [0.4, 0.5) is 23.2 Å². The van der Waals surface area contributed by atoms with Crippen LogP contribution in [0.3, 0.4) is 0 Å². The molecule has 1 aromatic heterocycles. The zero-order valence-corrected chi connectivity index (χ0v) is 10.6. The second-order valence-corrected chi connectivity index (χ2v) is 4.74. The SMILES string of the molecule is CCC1(C)CN(c2c(F)c(F)nc(F)c2F)CCO1. The summed E-state index contributed by atoms with van der Waals surface area (Å²) >= 11 is 0. The van der Waals surface area contributed by atoms with Gasteiger partial charge in [-0.15, -0.1) is 0 Å². The summed E-state index contributed by atoms with van der Waals surface area (Å²) in [6, 6.07) is 0. The lowest BCUT2D eigenvalue weighted by molar-refractivity contribution is -0.0444. The molecule has 7 heteroatoms. The van der Waals surface area contributed by atoms with Crippen LogP contribution in [0, 0.1) is 23.5 Å². The van der Waals surface area contributed by atoms with E-state index in [1.165, 1.54) is 4.90 Å². The number of halogens is 4.